The maximum absolute atomic E-state index is 12.4. The highest BCUT2D eigenvalue weighted by molar-refractivity contribution is 5.94. The highest BCUT2D eigenvalue weighted by Crippen LogP contribution is 2.22. The zero-order valence-electron chi connectivity index (χ0n) is 12.1. The van der Waals surface area contributed by atoms with Crippen molar-refractivity contribution in [2.75, 3.05) is 18.8 Å². The molecule has 1 aliphatic rings. The molecule has 3 rings (SSSR count). The van der Waals surface area contributed by atoms with Gasteiger partial charge in [0.05, 0.1) is 0 Å². The van der Waals surface area contributed by atoms with Crippen molar-refractivity contribution < 1.29 is 4.79 Å². The molecule has 1 saturated heterocycles. The molecule has 2 aromatic carbocycles. The van der Waals surface area contributed by atoms with E-state index in [1.165, 1.54) is 6.42 Å². The quantitative estimate of drug-likeness (QED) is 0.855. The average Bonchev–Trinajstić information content (AvgIpc) is 2.56. The summed E-state index contributed by atoms with van der Waals surface area (Å²) in [5, 5.41) is 0. The molecular weight excluding hydrogens is 260 g/mol. The van der Waals surface area contributed by atoms with Crippen molar-refractivity contribution in [1.29, 1.82) is 0 Å². The number of hydrogen-bond donors (Lipinski definition) is 1. The van der Waals surface area contributed by atoms with Crippen LogP contribution in [0.4, 0.5) is 5.69 Å². The number of nitrogen functional groups attached to an aromatic ring is 1. The van der Waals surface area contributed by atoms with Gasteiger partial charge in [-0.3, -0.25) is 4.79 Å². The van der Waals surface area contributed by atoms with Gasteiger partial charge in [0.1, 0.15) is 0 Å². The zero-order chi connectivity index (χ0) is 14.7. The maximum Gasteiger partial charge on any atom is 0.253 e. The molecule has 108 valence electrons. The van der Waals surface area contributed by atoms with Gasteiger partial charge in [0.15, 0.2) is 0 Å². The Balaban J connectivity index is 1.77. The van der Waals surface area contributed by atoms with Crippen molar-refractivity contribution in [3.8, 4) is 11.1 Å². The summed E-state index contributed by atoms with van der Waals surface area (Å²) >= 11 is 0. The molecule has 0 saturated carbocycles. The fraction of sp³-hybridized carbons (Fsp3) is 0.278. The summed E-state index contributed by atoms with van der Waals surface area (Å²) < 4.78 is 0. The second kappa shape index (κ2) is 6.00. The number of piperidine rings is 1. The summed E-state index contributed by atoms with van der Waals surface area (Å²) in [7, 11) is 0. The molecule has 1 amide bonds. The number of carbonyl (C=O) groups is 1. The van der Waals surface area contributed by atoms with Crippen molar-refractivity contribution in [3.63, 3.8) is 0 Å². The van der Waals surface area contributed by atoms with Crippen LogP contribution in [0.3, 0.4) is 0 Å². The van der Waals surface area contributed by atoms with Crippen LogP contribution in [0.5, 0.6) is 0 Å². The van der Waals surface area contributed by atoms with Gasteiger partial charge < -0.3 is 10.6 Å². The van der Waals surface area contributed by atoms with Crippen LogP contribution in [0, 0.1) is 0 Å². The minimum absolute atomic E-state index is 0.151. The number of nitrogens with two attached hydrogens (primary N) is 1. The highest BCUT2D eigenvalue weighted by atomic mass is 16.2. The van der Waals surface area contributed by atoms with Crippen LogP contribution in [-0.2, 0) is 0 Å². The normalized spacial score (nSPS) is 15.0. The average molecular weight is 280 g/mol. The Morgan fingerprint density at radius 3 is 1.90 bits per heavy atom. The van der Waals surface area contributed by atoms with Gasteiger partial charge in [0.2, 0.25) is 0 Å². The number of hydrogen-bond acceptors (Lipinski definition) is 2. The fourth-order valence-corrected chi connectivity index (χ4v) is 2.76. The first-order chi connectivity index (χ1) is 10.2. The minimum atomic E-state index is 0.151. The van der Waals surface area contributed by atoms with Crippen molar-refractivity contribution in [3.05, 3.63) is 54.1 Å². The monoisotopic (exact) mass is 280 g/mol. The molecule has 0 unspecified atom stereocenters. The van der Waals surface area contributed by atoms with E-state index in [2.05, 4.69) is 0 Å². The molecule has 0 aromatic heterocycles. The number of benzene rings is 2. The van der Waals surface area contributed by atoms with Crippen LogP contribution in [-0.4, -0.2) is 23.9 Å². The maximum atomic E-state index is 12.4. The van der Waals surface area contributed by atoms with E-state index >= 15 is 0 Å². The predicted octanol–water partition coefficient (Wildman–Crippen LogP) is 3.56. The lowest BCUT2D eigenvalue weighted by Crippen LogP contribution is -2.35. The Bertz CT molecular complexity index is 611. The lowest BCUT2D eigenvalue weighted by molar-refractivity contribution is 0.0724. The number of likely N-dealkylation sites (tertiary alicyclic amines) is 1. The SMILES string of the molecule is Nc1ccc(-c2ccc(C(=O)N3CCCCC3)cc2)cc1. The number of rotatable bonds is 2. The van der Waals surface area contributed by atoms with Crippen molar-refractivity contribution >= 4 is 11.6 Å². The Morgan fingerprint density at radius 2 is 1.33 bits per heavy atom. The van der Waals surface area contributed by atoms with E-state index in [0.717, 1.165) is 48.3 Å². The molecular formula is C18H20N2O. The summed E-state index contributed by atoms with van der Waals surface area (Å²) in [6, 6.07) is 15.6. The van der Waals surface area contributed by atoms with Crippen molar-refractivity contribution in [2.45, 2.75) is 19.3 Å². The Kier molecular flexibility index (Phi) is 3.91. The Hall–Kier alpha value is -2.29. The zero-order valence-corrected chi connectivity index (χ0v) is 12.1. The third kappa shape index (κ3) is 3.07. The topological polar surface area (TPSA) is 46.3 Å². The highest BCUT2D eigenvalue weighted by Gasteiger charge is 2.17. The molecule has 1 aliphatic heterocycles. The van der Waals surface area contributed by atoms with E-state index in [-0.39, 0.29) is 5.91 Å². The molecule has 0 spiro atoms. The van der Waals surface area contributed by atoms with E-state index < -0.39 is 0 Å². The van der Waals surface area contributed by atoms with E-state index in [1.54, 1.807) is 0 Å². The molecule has 21 heavy (non-hydrogen) atoms. The van der Waals surface area contributed by atoms with Gasteiger partial charge >= 0.3 is 0 Å². The predicted molar refractivity (Wildman–Crippen MR) is 86.0 cm³/mol. The summed E-state index contributed by atoms with van der Waals surface area (Å²) in [6.07, 6.45) is 3.48. The number of amides is 1. The first-order valence-electron chi connectivity index (χ1n) is 7.49. The summed E-state index contributed by atoms with van der Waals surface area (Å²) in [6.45, 7) is 1.77. The fourth-order valence-electron chi connectivity index (χ4n) is 2.76. The molecule has 1 fully saturated rings. The molecule has 3 heteroatoms. The van der Waals surface area contributed by atoms with Crippen LogP contribution in [0.15, 0.2) is 48.5 Å². The largest absolute Gasteiger partial charge is 0.399 e. The van der Waals surface area contributed by atoms with Crippen molar-refractivity contribution in [2.24, 2.45) is 0 Å². The van der Waals surface area contributed by atoms with E-state index in [0.29, 0.717) is 0 Å². The molecule has 3 nitrogen and oxygen atoms in total. The molecule has 2 aromatic rings. The van der Waals surface area contributed by atoms with Crippen LogP contribution >= 0.6 is 0 Å². The summed E-state index contributed by atoms with van der Waals surface area (Å²) in [5.41, 5.74) is 9.45. The first kappa shape index (κ1) is 13.7. The van der Waals surface area contributed by atoms with Gasteiger partial charge in [0.25, 0.3) is 5.91 Å². The van der Waals surface area contributed by atoms with Crippen LogP contribution in [0.2, 0.25) is 0 Å². The minimum Gasteiger partial charge on any atom is -0.399 e. The Labute approximate surface area is 125 Å². The molecule has 0 bridgehead atoms. The number of nitrogens with zero attached hydrogens (tertiary/aromatic N) is 1. The molecule has 1 heterocycles. The molecule has 0 aliphatic carbocycles. The van der Waals surface area contributed by atoms with E-state index in [9.17, 15) is 4.79 Å². The van der Waals surface area contributed by atoms with Gasteiger partial charge in [-0.05, 0) is 54.7 Å². The molecule has 0 atom stereocenters. The van der Waals surface area contributed by atoms with Gasteiger partial charge in [-0.15, -0.1) is 0 Å². The van der Waals surface area contributed by atoms with Crippen LogP contribution in [0.25, 0.3) is 11.1 Å². The summed E-state index contributed by atoms with van der Waals surface area (Å²) in [4.78, 5) is 14.4. The lowest BCUT2D eigenvalue weighted by Gasteiger charge is -2.26. The number of anilines is 1. The van der Waals surface area contributed by atoms with Crippen molar-refractivity contribution in [1.82, 2.24) is 4.90 Å². The molecule has 2 N–H and O–H groups in total. The standard InChI is InChI=1S/C18H20N2O/c19-17-10-8-15(9-11-17)14-4-6-16(7-5-14)18(21)20-12-2-1-3-13-20/h4-11H,1-3,12-13,19H2. The van der Waals surface area contributed by atoms with Crippen LogP contribution in [0.1, 0.15) is 29.6 Å². The lowest BCUT2D eigenvalue weighted by atomic mass is 10.0. The second-order valence-corrected chi connectivity index (χ2v) is 5.55. The third-order valence-electron chi connectivity index (χ3n) is 4.02. The second-order valence-electron chi connectivity index (χ2n) is 5.55. The van der Waals surface area contributed by atoms with E-state index in [4.69, 9.17) is 5.73 Å². The molecule has 0 radical (unpaired) electrons. The van der Waals surface area contributed by atoms with E-state index in [1.807, 2.05) is 53.4 Å². The van der Waals surface area contributed by atoms with Crippen LogP contribution < -0.4 is 5.73 Å². The summed E-state index contributed by atoms with van der Waals surface area (Å²) in [5.74, 6) is 0.151. The Morgan fingerprint density at radius 1 is 0.810 bits per heavy atom. The van der Waals surface area contributed by atoms with Gasteiger partial charge in [-0.2, -0.15) is 0 Å². The third-order valence-corrected chi connectivity index (χ3v) is 4.02. The van der Waals surface area contributed by atoms with Gasteiger partial charge in [-0.1, -0.05) is 24.3 Å². The van der Waals surface area contributed by atoms with Gasteiger partial charge in [-0.25, -0.2) is 0 Å². The smallest absolute Gasteiger partial charge is 0.253 e. The first-order valence-corrected chi connectivity index (χ1v) is 7.49. The number of carbonyl (C=O) groups excluding carboxylic acids is 1. The van der Waals surface area contributed by atoms with Gasteiger partial charge in [0, 0.05) is 24.3 Å².